The molecule has 1 unspecified atom stereocenters. The van der Waals surface area contributed by atoms with Gasteiger partial charge in [0, 0.05) is 60.7 Å². The molecule has 7 aliphatic rings. The van der Waals surface area contributed by atoms with Gasteiger partial charge in [-0.05, 0) is 65.2 Å². The van der Waals surface area contributed by atoms with Crippen LogP contribution < -0.4 is 0 Å². The van der Waals surface area contributed by atoms with Crippen molar-refractivity contribution in [3.8, 4) is 0 Å². The summed E-state index contributed by atoms with van der Waals surface area (Å²) >= 11 is 0. The molecule has 0 aromatic carbocycles. The largest absolute Gasteiger partial charge is 0.453 e. The van der Waals surface area contributed by atoms with Crippen molar-refractivity contribution in [2.45, 2.75) is 138 Å². The van der Waals surface area contributed by atoms with Crippen LogP contribution in [0.5, 0.6) is 0 Å². The Morgan fingerprint density at radius 3 is 2.33 bits per heavy atom. The maximum Gasteiger partial charge on any atom is 0.333 e. The Morgan fingerprint density at radius 2 is 1.64 bits per heavy atom. The highest BCUT2D eigenvalue weighted by Crippen LogP contribution is 2.78. The summed E-state index contributed by atoms with van der Waals surface area (Å²) in [5, 5.41) is 73.9. The van der Waals surface area contributed by atoms with E-state index in [1.165, 1.54) is 0 Å². The van der Waals surface area contributed by atoms with Crippen LogP contribution in [0.3, 0.4) is 0 Å². The third kappa shape index (κ3) is 3.07. The summed E-state index contributed by atoms with van der Waals surface area (Å²) in [7, 11) is 0. The van der Waals surface area contributed by atoms with Crippen LogP contribution >= 0.6 is 0 Å². The Bertz CT molecular complexity index is 1220. The molecule has 3 heterocycles. The van der Waals surface area contributed by atoms with Gasteiger partial charge in [-0.15, -0.1) is 0 Å². The smallest absolute Gasteiger partial charge is 0.333 e. The molecule has 4 saturated carbocycles. The molecule has 4 aliphatic carbocycles. The van der Waals surface area contributed by atoms with E-state index in [-0.39, 0.29) is 25.4 Å². The zero-order valence-electron chi connectivity index (χ0n) is 25.5. The van der Waals surface area contributed by atoms with Gasteiger partial charge in [0.05, 0.1) is 11.7 Å². The number of carbonyl (C=O) groups excluding carboxylic acids is 1. The molecule has 4 bridgehead atoms. The fraction of sp³-hybridized carbons (Fsp3) is 0.906. The predicted molar refractivity (Wildman–Crippen MR) is 150 cm³/mol. The van der Waals surface area contributed by atoms with Crippen molar-refractivity contribution in [2.75, 3.05) is 13.1 Å². The van der Waals surface area contributed by atoms with Crippen LogP contribution in [0.2, 0.25) is 0 Å². The van der Waals surface area contributed by atoms with E-state index in [0.717, 1.165) is 6.42 Å². The Labute approximate surface area is 247 Å². The molecule has 0 radical (unpaired) electrons. The summed E-state index contributed by atoms with van der Waals surface area (Å²) in [6.45, 7) is 10.1. The molecule has 3 aliphatic heterocycles. The average Bonchev–Trinajstić information content (AvgIpc) is 3.09. The van der Waals surface area contributed by atoms with E-state index >= 15 is 0 Å². The van der Waals surface area contributed by atoms with Crippen molar-refractivity contribution in [3.63, 3.8) is 0 Å². The Hall–Kier alpha value is -1.11. The van der Waals surface area contributed by atoms with Crippen LogP contribution in [-0.2, 0) is 14.3 Å². The summed E-state index contributed by atoms with van der Waals surface area (Å²) in [6.07, 6.45) is 2.30. The molecule has 7 fully saturated rings. The first kappa shape index (κ1) is 29.6. The molecule has 10 heteroatoms. The number of nitrogens with zero attached hydrogens (tertiary/aromatic N) is 1. The Balaban J connectivity index is 1.32. The van der Waals surface area contributed by atoms with Gasteiger partial charge in [-0.2, -0.15) is 0 Å². The molecule has 0 aromatic heterocycles. The fourth-order valence-corrected chi connectivity index (χ4v) is 11.8. The van der Waals surface area contributed by atoms with Gasteiger partial charge < -0.3 is 40.1 Å². The van der Waals surface area contributed by atoms with E-state index in [9.17, 15) is 35.4 Å². The topological polar surface area (TPSA) is 160 Å². The lowest BCUT2D eigenvalue weighted by molar-refractivity contribution is -0.354. The molecule has 236 valence electrons. The molecule has 10 nitrogen and oxygen atoms in total. The van der Waals surface area contributed by atoms with E-state index in [1.54, 1.807) is 26.8 Å². The van der Waals surface area contributed by atoms with Crippen LogP contribution in [0.4, 0.5) is 0 Å². The monoisotopic (exact) mass is 591 g/mol. The first-order valence-electron chi connectivity index (χ1n) is 16.0. The summed E-state index contributed by atoms with van der Waals surface area (Å²) in [5.41, 5.74) is -8.96. The van der Waals surface area contributed by atoms with E-state index in [0.29, 0.717) is 50.1 Å². The number of aliphatic hydroxyl groups excluding tert-OH is 1. The van der Waals surface area contributed by atoms with Gasteiger partial charge in [0.25, 0.3) is 0 Å². The molecule has 7 rings (SSSR count). The van der Waals surface area contributed by atoms with Crippen LogP contribution in [-0.4, -0.2) is 107 Å². The lowest BCUT2D eigenvalue weighted by Crippen LogP contribution is -2.85. The lowest BCUT2D eigenvalue weighted by Gasteiger charge is -2.68. The zero-order valence-corrected chi connectivity index (χ0v) is 25.5. The molecule has 6 N–H and O–H groups in total. The SMILES string of the molecule is C/C=C(/C)C(=O)O[C@H]1CC[C@@]2(C)[C@@H]3CC[C@H]4[C@]5(O)C[C@H](O)[C@@]6(O)[C@@H](CN7C[C@@H](C)CCC7[C@@]6(C)O)[C@]5(O)C[C@@]42O[C@]13O. The summed E-state index contributed by atoms with van der Waals surface area (Å²) < 4.78 is 12.6. The number of ether oxygens (including phenoxy) is 2. The molecular formula is C32H49NO9. The predicted octanol–water partition coefficient (Wildman–Crippen LogP) is 0.991. The molecular weight excluding hydrogens is 542 g/mol. The standard InChI is InChI=1S/C32H49NO9/c1-6-18(3)25(35)41-24-11-12-26(4)19-8-9-20-28(37)13-23(34)31(39)21(29(28,38)16-30(20,26)42-32(19,24)40)15-33-14-17(2)7-10-22(33)27(31,5)36/h6,17,19-24,34,36-40H,7-16H2,1-5H3/b18-6-/t17-,19-,20-,21-,22?,23-,24-,26-,27+,28+,29+,30+,31-,32-/m0/s1. The fourth-order valence-electron chi connectivity index (χ4n) is 11.8. The maximum absolute atomic E-state index is 12.9. The third-order valence-electron chi connectivity index (χ3n) is 14.1. The minimum atomic E-state index is -2.06. The first-order chi connectivity index (χ1) is 19.5. The maximum atomic E-state index is 12.9. The minimum Gasteiger partial charge on any atom is -0.453 e. The Kier molecular flexibility index (Phi) is 6.04. The van der Waals surface area contributed by atoms with Crippen molar-refractivity contribution >= 4 is 5.97 Å². The van der Waals surface area contributed by atoms with Gasteiger partial charge in [-0.25, -0.2) is 4.79 Å². The quantitative estimate of drug-likeness (QED) is 0.202. The molecule has 42 heavy (non-hydrogen) atoms. The number of hydrogen-bond acceptors (Lipinski definition) is 10. The van der Waals surface area contributed by atoms with Gasteiger partial charge in [0.2, 0.25) is 5.79 Å². The number of carbonyl (C=O) groups is 1. The number of esters is 1. The van der Waals surface area contributed by atoms with Crippen molar-refractivity contribution < 1.29 is 44.9 Å². The molecule has 14 atom stereocenters. The van der Waals surface area contributed by atoms with Gasteiger partial charge in [-0.1, -0.05) is 19.9 Å². The van der Waals surface area contributed by atoms with Crippen LogP contribution in [0.15, 0.2) is 11.6 Å². The second-order valence-corrected chi connectivity index (χ2v) is 15.7. The van der Waals surface area contributed by atoms with Crippen molar-refractivity contribution in [1.29, 1.82) is 0 Å². The van der Waals surface area contributed by atoms with E-state index in [4.69, 9.17) is 9.47 Å². The number of aliphatic hydroxyl groups is 6. The van der Waals surface area contributed by atoms with Gasteiger partial charge >= 0.3 is 5.97 Å². The van der Waals surface area contributed by atoms with Crippen LogP contribution in [0, 0.1) is 29.1 Å². The first-order valence-corrected chi connectivity index (χ1v) is 16.0. The lowest BCUT2D eigenvalue weighted by atomic mass is 9.49. The highest BCUT2D eigenvalue weighted by atomic mass is 16.7. The third-order valence-corrected chi connectivity index (χ3v) is 14.1. The molecule has 3 saturated heterocycles. The summed E-state index contributed by atoms with van der Waals surface area (Å²) in [5.74, 6) is -4.05. The molecule has 0 amide bonds. The zero-order chi connectivity index (χ0) is 30.5. The number of fused-ring (bicyclic) bond motifs is 5. The van der Waals surface area contributed by atoms with Crippen molar-refractivity contribution in [3.05, 3.63) is 11.6 Å². The summed E-state index contributed by atoms with van der Waals surface area (Å²) in [6, 6.07) is -0.387. The second-order valence-electron chi connectivity index (χ2n) is 15.7. The van der Waals surface area contributed by atoms with Gasteiger partial charge in [-0.3, -0.25) is 4.90 Å². The number of hydrogen-bond donors (Lipinski definition) is 6. The van der Waals surface area contributed by atoms with Gasteiger partial charge in [0.1, 0.15) is 22.4 Å². The van der Waals surface area contributed by atoms with Gasteiger partial charge in [0.15, 0.2) is 6.10 Å². The number of piperidine rings is 2. The highest BCUT2D eigenvalue weighted by molar-refractivity contribution is 5.87. The molecule has 1 spiro atoms. The molecule has 0 aromatic rings. The van der Waals surface area contributed by atoms with Crippen molar-refractivity contribution in [1.82, 2.24) is 4.90 Å². The average molecular weight is 592 g/mol. The summed E-state index contributed by atoms with van der Waals surface area (Å²) in [4.78, 5) is 14.9. The number of rotatable bonds is 2. The number of allylic oxidation sites excluding steroid dienone is 1. The van der Waals surface area contributed by atoms with E-state index < -0.39 is 75.1 Å². The van der Waals surface area contributed by atoms with E-state index in [1.807, 2.05) is 6.92 Å². The minimum absolute atomic E-state index is 0.0606. The second kappa shape index (κ2) is 8.57. The van der Waals surface area contributed by atoms with Crippen molar-refractivity contribution in [2.24, 2.45) is 29.1 Å². The van der Waals surface area contributed by atoms with E-state index in [2.05, 4.69) is 11.8 Å². The van der Waals surface area contributed by atoms with Crippen LogP contribution in [0.1, 0.15) is 86.0 Å². The highest BCUT2D eigenvalue weighted by Gasteiger charge is 2.88. The Morgan fingerprint density at radius 1 is 0.952 bits per heavy atom. The van der Waals surface area contributed by atoms with Crippen LogP contribution in [0.25, 0.3) is 0 Å². The normalized spacial score (nSPS) is 60.3.